The number of hydrogen-bond acceptors (Lipinski definition) is 5. The van der Waals surface area contributed by atoms with E-state index in [9.17, 15) is 14.0 Å². The first-order valence-corrected chi connectivity index (χ1v) is 10.2. The minimum absolute atomic E-state index is 0.133. The first-order valence-electron chi connectivity index (χ1n) is 10.2. The topological polar surface area (TPSA) is 65.1 Å². The van der Waals surface area contributed by atoms with Crippen molar-refractivity contribution in [1.82, 2.24) is 4.90 Å². The van der Waals surface area contributed by atoms with Crippen LogP contribution in [0.15, 0.2) is 66.7 Å². The van der Waals surface area contributed by atoms with Gasteiger partial charge in [-0.15, -0.1) is 0 Å². The number of ether oxygens (including phenoxy) is 3. The number of likely N-dealkylation sites (N-methyl/N-ethyl adjacent to an activating group) is 1. The van der Waals surface area contributed by atoms with Crippen molar-refractivity contribution in [1.29, 1.82) is 0 Å². The van der Waals surface area contributed by atoms with E-state index in [1.165, 1.54) is 24.3 Å². The van der Waals surface area contributed by atoms with Crippen LogP contribution in [0.1, 0.15) is 21.5 Å². The molecule has 1 aliphatic rings. The van der Waals surface area contributed by atoms with Crippen LogP contribution in [0.5, 0.6) is 17.2 Å². The molecule has 6 nitrogen and oxygen atoms in total. The molecule has 0 saturated carbocycles. The van der Waals surface area contributed by atoms with Gasteiger partial charge < -0.3 is 19.1 Å². The summed E-state index contributed by atoms with van der Waals surface area (Å²) in [5.74, 6) is 1.06. The van der Waals surface area contributed by atoms with Crippen LogP contribution in [0, 0.1) is 5.82 Å². The number of hydrogen-bond donors (Lipinski definition) is 0. The Morgan fingerprint density at radius 2 is 1.53 bits per heavy atom. The van der Waals surface area contributed by atoms with Crippen molar-refractivity contribution in [2.24, 2.45) is 0 Å². The molecule has 3 aromatic carbocycles. The third kappa shape index (κ3) is 5.06. The fraction of sp³-hybridized carbons (Fsp3) is 0.200. The number of halogens is 1. The Morgan fingerprint density at radius 3 is 2.22 bits per heavy atom. The predicted octanol–water partition coefficient (Wildman–Crippen LogP) is 3.87. The molecule has 0 atom stereocenters. The van der Waals surface area contributed by atoms with Crippen LogP contribution in [0.3, 0.4) is 0 Å². The van der Waals surface area contributed by atoms with Gasteiger partial charge >= 0.3 is 0 Å². The van der Waals surface area contributed by atoms with Crippen molar-refractivity contribution in [2.45, 2.75) is 6.54 Å². The zero-order valence-corrected chi connectivity index (χ0v) is 17.5. The second kappa shape index (κ2) is 9.51. The number of ketones is 1. The Hall–Kier alpha value is -3.87. The number of rotatable bonds is 7. The summed E-state index contributed by atoms with van der Waals surface area (Å²) in [7, 11) is 1.70. The van der Waals surface area contributed by atoms with Crippen LogP contribution in [0.4, 0.5) is 4.39 Å². The fourth-order valence-electron chi connectivity index (χ4n) is 3.27. The normalized spacial score (nSPS) is 12.2. The van der Waals surface area contributed by atoms with Gasteiger partial charge in [-0.25, -0.2) is 4.39 Å². The van der Waals surface area contributed by atoms with E-state index in [0.717, 1.165) is 5.56 Å². The van der Waals surface area contributed by atoms with Crippen molar-refractivity contribution in [3.05, 3.63) is 89.2 Å². The molecule has 7 heteroatoms. The van der Waals surface area contributed by atoms with Crippen LogP contribution >= 0.6 is 0 Å². The fourth-order valence-corrected chi connectivity index (χ4v) is 3.27. The molecular weight excluding hydrogens is 413 g/mol. The molecule has 0 unspecified atom stereocenters. The highest BCUT2D eigenvalue weighted by atomic mass is 19.1. The zero-order chi connectivity index (χ0) is 22.5. The van der Waals surface area contributed by atoms with Gasteiger partial charge in [-0.3, -0.25) is 9.59 Å². The molecular formula is C25H22FNO5. The Kier molecular flexibility index (Phi) is 6.35. The summed E-state index contributed by atoms with van der Waals surface area (Å²) in [4.78, 5) is 26.5. The van der Waals surface area contributed by atoms with Gasteiger partial charge in [0.1, 0.15) is 24.8 Å². The van der Waals surface area contributed by atoms with Crippen LogP contribution in [0.2, 0.25) is 0 Å². The second-order valence-corrected chi connectivity index (χ2v) is 7.38. The molecule has 0 aromatic heterocycles. The van der Waals surface area contributed by atoms with Gasteiger partial charge in [0.05, 0.1) is 0 Å². The van der Waals surface area contributed by atoms with E-state index in [0.29, 0.717) is 48.1 Å². The van der Waals surface area contributed by atoms with Gasteiger partial charge in [-0.05, 0) is 66.2 Å². The van der Waals surface area contributed by atoms with E-state index in [1.54, 1.807) is 36.2 Å². The smallest absolute Gasteiger partial charge is 0.260 e. The monoisotopic (exact) mass is 435 g/mol. The lowest BCUT2D eigenvalue weighted by molar-refractivity contribution is -0.132. The summed E-state index contributed by atoms with van der Waals surface area (Å²) < 4.78 is 29.7. The molecule has 4 rings (SSSR count). The SMILES string of the molecule is CN(Cc1ccc2c(c1)OCCO2)C(=O)COc1ccc(C(=O)c2ccc(F)cc2)cc1. The summed E-state index contributed by atoms with van der Waals surface area (Å²) in [6.45, 7) is 1.31. The molecule has 0 radical (unpaired) electrons. The quantitative estimate of drug-likeness (QED) is 0.528. The standard InChI is InChI=1S/C25H22FNO5/c1-27(15-17-2-11-22-23(14-17)31-13-12-30-22)24(28)16-32-21-9-5-19(6-10-21)25(29)18-3-7-20(26)8-4-18/h2-11,14H,12-13,15-16H2,1H3. The van der Waals surface area contributed by atoms with Crippen LogP contribution in [-0.2, 0) is 11.3 Å². The molecule has 0 saturated heterocycles. The predicted molar refractivity (Wildman–Crippen MR) is 116 cm³/mol. The van der Waals surface area contributed by atoms with E-state index >= 15 is 0 Å². The molecule has 0 bridgehead atoms. The zero-order valence-electron chi connectivity index (χ0n) is 17.5. The van der Waals surface area contributed by atoms with Crippen LogP contribution in [0.25, 0.3) is 0 Å². The molecule has 32 heavy (non-hydrogen) atoms. The molecule has 1 aliphatic heterocycles. The molecule has 0 fully saturated rings. The molecule has 1 heterocycles. The first-order chi connectivity index (χ1) is 15.5. The third-order valence-corrected chi connectivity index (χ3v) is 5.04. The maximum Gasteiger partial charge on any atom is 0.260 e. The number of benzene rings is 3. The summed E-state index contributed by atoms with van der Waals surface area (Å²) in [6.07, 6.45) is 0. The molecule has 3 aromatic rings. The van der Waals surface area contributed by atoms with Crippen molar-refractivity contribution in [3.63, 3.8) is 0 Å². The van der Waals surface area contributed by atoms with Crippen molar-refractivity contribution in [3.8, 4) is 17.2 Å². The Morgan fingerprint density at radius 1 is 0.906 bits per heavy atom. The molecule has 1 amide bonds. The third-order valence-electron chi connectivity index (χ3n) is 5.04. The molecule has 164 valence electrons. The summed E-state index contributed by atoms with van der Waals surface area (Å²) in [5.41, 5.74) is 1.77. The summed E-state index contributed by atoms with van der Waals surface area (Å²) in [6, 6.07) is 17.5. The highest BCUT2D eigenvalue weighted by Gasteiger charge is 2.15. The lowest BCUT2D eigenvalue weighted by atomic mass is 10.0. The summed E-state index contributed by atoms with van der Waals surface area (Å²) >= 11 is 0. The minimum Gasteiger partial charge on any atom is -0.486 e. The van der Waals surface area contributed by atoms with E-state index < -0.39 is 5.82 Å². The Bertz CT molecular complexity index is 1110. The van der Waals surface area contributed by atoms with E-state index in [4.69, 9.17) is 14.2 Å². The number of carbonyl (C=O) groups excluding carboxylic acids is 2. The lowest BCUT2D eigenvalue weighted by Gasteiger charge is -2.21. The molecule has 0 aliphatic carbocycles. The first kappa shape index (κ1) is 21.4. The average molecular weight is 435 g/mol. The minimum atomic E-state index is -0.395. The largest absolute Gasteiger partial charge is 0.486 e. The maximum atomic E-state index is 13.0. The number of fused-ring (bicyclic) bond motifs is 1. The van der Waals surface area contributed by atoms with Crippen molar-refractivity contribution >= 4 is 11.7 Å². The van der Waals surface area contributed by atoms with Crippen molar-refractivity contribution < 1.29 is 28.2 Å². The number of nitrogens with zero attached hydrogens (tertiary/aromatic N) is 1. The summed E-state index contributed by atoms with van der Waals surface area (Å²) in [5, 5.41) is 0. The number of carbonyl (C=O) groups is 2. The lowest BCUT2D eigenvalue weighted by Crippen LogP contribution is -2.31. The van der Waals surface area contributed by atoms with Gasteiger partial charge in [0, 0.05) is 24.7 Å². The highest BCUT2D eigenvalue weighted by molar-refractivity contribution is 6.09. The number of amides is 1. The van der Waals surface area contributed by atoms with E-state index in [1.807, 2.05) is 18.2 Å². The maximum absolute atomic E-state index is 13.0. The second-order valence-electron chi connectivity index (χ2n) is 7.38. The van der Waals surface area contributed by atoms with Crippen LogP contribution < -0.4 is 14.2 Å². The highest BCUT2D eigenvalue weighted by Crippen LogP contribution is 2.31. The van der Waals surface area contributed by atoms with Gasteiger partial charge in [-0.1, -0.05) is 6.07 Å². The Labute approximate surface area is 185 Å². The average Bonchev–Trinajstić information content (AvgIpc) is 2.83. The molecule has 0 N–H and O–H groups in total. The van der Waals surface area contributed by atoms with Crippen molar-refractivity contribution in [2.75, 3.05) is 26.9 Å². The van der Waals surface area contributed by atoms with E-state index in [2.05, 4.69) is 0 Å². The van der Waals surface area contributed by atoms with Gasteiger partial charge in [0.2, 0.25) is 0 Å². The van der Waals surface area contributed by atoms with Gasteiger partial charge in [0.25, 0.3) is 5.91 Å². The van der Waals surface area contributed by atoms with Gasteiger partial charge in [0.15, 0.2) is 23.9 Å². The molecule has 0 spiro atoms. The Balaban J connectivity index is 1.30. The van der Waals surface area contributed by atoms with Crippen LogP contribution in [-0.4, -0.2) is 43.5 Å². The van der Waals surface area contributed by atoms with E-state index in [-0.39, 0.29) is 18.3 Å². The van der Waals surface area contributed by atoms with Gasteiger partial charge in [-0.2, -0.15) is 0 Å².